The van der Waals surface area contributed by atoms with Crippen LogP contribution in [0.2, 0.25) is 0 Å². The molecule has 1 saturated heterocycles. The van der Waals surface area contributed by atoms with Crippen LogP contribution in [-0.4, -0.2) is 64.3 Å². The summed E-state index contributed by atoms with van der Waals surface area (Å²) in [6, 6.07) is 4.09. The van der Waals surface area contributed by atoms with Crippen molar-refractivity contribution >= 4 is 31.5 Å². The molecule has 0 radical (unpaired) electrons. The monoisotopic (exact) mass is 419 g/mol. The van der Waals surface area contributed by atoms with Crippen LogP contribution in [0.5, 0.6) is 5.75 Å². The van der Waals surface area contributed by atoms with Crippen LogP contribution in [0, 0.1) is 0 Å². The van der Waals surface area contributed by atoms with E-state index < -0.39 is 25.4 Å². The number of methoxy groups -OCH3 is 1. The van der Waals surface area contributed by atoms with E-state index in [4.69, 9.17) is 10.5 Å². The molecule has 0 saturated carbocycles. The third kappa shape index (κ3) is 4.60. The zero-order chi connectivity index (χ0) is 20.5. The normalized spacial score (nSPS) is 22.0. The molecule has 2 rings (SSSR count). The van der Waals surface area contributed by atoms with Crippen LogP contribution < -0.4 is 15.8 Å². The van der Waals surface area contributed by atoms with Crippen molar-refractivity contribution in [2.24, 2.45) is 5.73 Å². The Balaban J connectivity index is 2.52. The molecule has 0 bridgehead atoms. The molecule has 1 aromatic carbocycles. The lowest BCUT2D eigenvalue weighted by molar-refractivity contribution is -0.114. The summed E-state index contributed by atoms with van der Waals surface area (Å²) in [6.45, 7) is 2.94. The lowest BCUT2D eigenvalue weighted by Crippen LogP contribution is -2.52. The van der Waals surface area contributed by atoms with Crippen LogP contribution in [0.15, 0.2) is 23.1 Å². The van der Waals surface area contributed by atoms with Gasteiger partial charge in [-0.2, -0.15) is 4.31 Å². The molecule has 0 unspecified atom stereocenters. The number of nitrogens with two attached hydrogens (primary N) is 1. The molecule has 9 nitrogen and oxygen atoms in total. The van der Waals surface area contributed by atoms with Crippen molar-refractivity contribution in [3.8, 4) is 5.75 Å². The quantitative estimate of drug-likeness (QED) is 0.643. The van der Waals surface area contributed by atoms with Crippen LogP contribution in [0.1, 0.15) is 20.3 Å². The number of carbonyl (C=O) groups excluding carboxylic acids is 1. The zero-order valence-electron chi connectivity index (χ0n) is 15.6. The number of amides is 1. The average molecular weight is 420 g/mol. The highest BCUT2D eigenvalue weighted by Crippen LogP contribution is 2.35. The summed E-state index contributed by atoms with van der Waals surface area (Å²) in [6.07, 6.45) is 0.198. The van der Waals surface area contributed by atoms with Gasteiger partial charge in [0, 0.05) is 25.6 Å². The number of hydrogen-bond acceptors (Lipinski definition) is 7. The van der Waals surface area contributed by atoms with E-state index in [1.807, 2.05) is 0 Å². The van der Waals surface area contributed by atoms with Crippen molar-refractivity contribution in [2.75, 3.05) is 37.0 Å². The van der Waals surface area contributed by atoms with Crippen molar-refractivity contribution in [2.45, 2.75) is 30.7 Å². The Morgan fingerprint density at radius 3 is 2.56 bits per heavy atom. The number of ether oxygens (including phenoxy) is 1. The van der Waals surface area contributed by atoms with Gasteiger partial charge in [-0.25, -0.2) is 16.8 Å². The van der Waals surface area contributed by atoms with Gasteiger partial charge in [0.2, 0.25) is 15.9 Å². The molecule has 3 N–H and O–H groups in total. The van der Waals surface area contributed by atoms with Gasteiger partial charge in [-0.1, -0.05) is 0 Å². The Morgan fingerprint density at radius 2 is 2.07 bits per heavy atom. The van der Waals surface area contributed by atoms with Crippen molar-refractivity contribution in [3.05, 3.63) is 18.2 Å². The molecule has 1 heterocycles. The first kappa shape index (κ1) is 21.6. The summed E-state index contributed by atoms with van der Waals surface area (Å²) in [4.78, 5) is 11.3. The summed E-state index contributed by atoms with van der Waals surface area (Å²) in [5, 5.41) is 2.53. The molecule has 11 heteroatoms. The number of nitrogens with zero attached hydrogens (tertiary/aromatic N) is 1. The Hall–Kier alpha value is -1.69. The predicted octanol–water partition coefficient (Wildman–Crippen LogP) is 0.180. The first-order valence-electron chi connectivity index (χ1n) is 8.34. The topological polar surface area (TPSA) is 136 Å². The number of nitrogens with one attached hydrogen (secondary N) is 1. The van der Waals surface area contributed by atoms with Crippen LogP contribution in [0.4, 0.5) is 5.69 Å². The van der Waals surface area contributed by atoms with E-state index in [1.54, 1.807) is 6.92 Å². The third-order valence-electron chi connectivity index (χ3n) is 4.49. The van der Waals surface area contributed by atoms with Crippen LogP contribution in [0.25, 0.3) is 0 Å². The highest BCUT2D eigenvalue weighted by Gasteiger charge is 2.47. The van der Waals surface area contributed by atoms with Crippen LogP contribution >= 0.6 is 0 Å². The van der Waals surface area contributed by atoms with Gasteiger partial charge in [-0.05, 0) is 31.5 Å². The number of carbonyl (C=O) groups is 1. The largest absolute Gasteiger partial charge is 0.495 e. The molecular formula is C16H25N3O6S2. The third-order valence-corrected chi connectivity index (χ3v) is 8.43. The molecule has 0 aliphatic carbocycles. The van der Waals surface area contributed by atoms with Gasteiger partial charge in [0.25, 0.3) is 0 Å². The molecule has 152 valence electrons. The van der Waals surface area contributed by atoms with Gasteiger partial charge in [-0.15, -0.1) is 0 Å². The van der Waals surface area contributed by atoms with Gasteiger partial charge in [0.05, 0.1) is 29.2 Å². The van der Waals surface area contributed by atoms with E-state index in [2.05, 4.69) is 5.32 Å². The lowest BCUT2D eigenvalue weighted by atomic mass is 10.0. The minimum atomic E-state index is -4.06. The van der Waals surface area contributed by atoms with Gasteiger partial charge >= 0.3 is 0 Å². The molecule has 1 amide bonds. The highest BCUT2D eigenvalue weighted by atomic mass is 32.2. The fraction of sp³-hybridized carbons (Fsp3) is 0.562. The minimum Gasteiger partial charge on any atom is -0.495 e. The lowest BCUT2D eigenvalue weighted by Gasteiger charge is -2.36. The molecule has 1 aliphatic rings. The SMILES string of the molecule is COc1ccc(S(=O)(=O)N(CCN)[C@]2(C)CCS(=O)(=O)C2)cc1NC(C)=O. The number of benzene rings is 1. The average Bonchev–Trinajstić information content (AvgIpc) is 2.85. The van der Waals surface area contributed by atoms with E-state index in [0.717, 1.165) is 4.31 Å². The predicted molar refractivity (Wildman–Crippen MR) is 102 cm³/mol. The van der Waals surface area contributed by atoms with Gasteiger partial charge in [-0.3, -0.25) is 4.79 Å². The highest BCUT2D eigenvalue weighted by molar-refractivity contribution is 7.92. The molecule has 0 aromatic heterocycles. The Labute approximate surface area is 159 Å². The summed E-state index contributed by atoms with van der Waals surface area (Å²) >= 11 is 0. The second kappa shape index (κ2) is 7.74. The number of hydrogen-bond donors (Lipinski definition) is 2. The number of sulfone groups is 1. The molecule has 1 fully saturated rings. The molecule has 1 aromatic rings. The van der Waals surface area contributed by atoms with Crippen molar-refractivity contribution in [1.29, 1.82) is 0 Å². The number of rotatable bonds is 7. The second-order valence-electron chi connectivity index (χ2n) is 6.75. The van der Waals surface area contributed by atoms with Crippen molar-refractivity contribution in [3.63, 3.8) is 0 Å². The first-order valence-corrected chi connectivity index (χ1v) is 11.6. The van der Waals surface area contributed by atoms with Crippen molar-refractivity contribution < 1.29 is 26.4 Å². The van der Waals surface area contributed by atoms with Gasteiger partial charge in [0.15, 0.2) is 9.84 Å². The summed E-state index contributed by atoms with van der Waals surface area (Å²) in [5.74, 6) is -0.395. The minimum absolute atomic E-state index is 0.0180. The van der Waals surface area contributed by atoms with Gasteiger partial charge in [0.1, 0.15) is 5.75 Å². The summed E-state index contributed by atoms with van der Waals surface area (Å²) in [5.41, 5.74) is 4.74. The van der Waals surface area contributed by atoms with Crippen LogP contribution in [0.3, 0.4) is 0 Å². The summed E-state index contributed by atoms with van der Waals surface area (Å²) < 4.78 is 56.8. The van der Waals surface area contributed by atoms with Gasteiger partial charge < -0.3 is 15.8 Å². The Kier molecular flexibility index (Phi) is 6.19. The Morgan fingerprint density at radius 1 is 1.41 bits per heavy atom. The molecule has 27 heavy (non-hydrogen) atoms. The maximum Gasteiger partial charge on any atom is 0.243 e. The van der Waals surface area contributed by atoms with E-state index in [9.17, 15) is 21.6 Å². The second-order valence-corrected chi connectivity index (χ2v) is 10.8. The summed E-state index contributed by atoms with van der Waals surface area (Å²) in [7, 11) is -5.97. The fourth-order valence-corrected chi connectivity index (χ4v) is 7.32. The van der Waals surface area contributed by atoms with E-state index >= 15 is 0 Å². The van der Waals surface area contributed by atoms with E-state index in [1.165, 1.54) is 32.2 Å². The Bertz CT molecular complexity index is 929. The smallest absolute Gasteiger partial charge is 0.243 e. The fourth-order valence-electron chi connectivity index (χ4n) is 3.25. The van der Waals surface area contributed by atoms with Crippen LogP contribution in [-0.2, 0) is 24.7 Å². The molecule has 0 spiro atoms. The van der Waals surface area contributed by atoms with E-state index in [-0.39, 0.29) is 47.5 Å². The van der Waals surface area contributed by atoms with E-state index in [0.29, 0.717) is 5.75 Å². The zero-order valence-corrected chi connectivity index (χ0v) is 17.2. The maximum atomic E-state index is 13.3. The molecular weight excluding hydrogens is 394 g/mol. The standard InChI is InChI=1S/C16H25N3O6S2/c1-12(20)18-14-10-13(4-5-15(14)25-3)27(23,24)19(8-7-17)16(2)6-9-26(21,22)11-16/h4-5,10H,6-9,11,17H2,1-3H3,(H,18,20)/t16-/m1/s1. The first-order chi connectivity index (χ1) is 12.4. The maximum absolute atomic E-state index is 13.3. The number of anilines is 1. The number of sulfonamides is 1. The van der Waals surface area contributed by atoms with Crippen molar-refractivity contribution in [1.82, 2.24) is 4.31 Å². The molecule has 1 atom stereocenters. The molecule has 1 aliphatic heterocycles.